The van der Waals surface area contributed by atoms with Crippen molar-refractivity contribution in [3.8, 4) is 0 Å². The lowest BCUT2D eigenvalue weighted by Crippen LogP contribution is -2.33. The van der Waals surface area contributed by atoms with Gasteiger partial charge in [-0.05, 0) is 45.3 Å². The van der Waals surface area contributed by atoms with Gasteiger partial charge in [-0.15, -0.1) is 0 Å². The quantitative estimate of drug-likeness (QED) is 0.868. The molecule has 1 N–H and O–H groups in total. The molecule has 1 aromatic rings. The first-order valence-corrected chi connectivity index (χ1v) is 7.03. The lowest BCUT2D eigenvalue weighted by Gasteiger charge is -2.28. The van der Waals surface area contributed by atoms with Crippen molar-refractivity contribution < 1.29 is 4.52 Å². The van der Waals surface area contributed by atoms with E-state index in [1.54, 1.807) is 0 Å². The van der Waals surface area contributed by atoms with E-state index in [-0.39, 0.29) is 0 Å². The number of hydrogen-bond donors (Lipinski definition) is 1. The van der Waals surface area contributed by atoms with Gasteiger partial charge in [-0.3, -0.25) is 0 Å². The van der Waals surface area contributed by atoms with E-state index < -0.39 is 0 Å². The molecular weight excluding hydrogens is 228 g/mol. The maximum atomic E-state index is 5.40. The third-order valence-corrected chi connectivity index (χ3v) is 4.09. The SMILES string of the molecule is CN1CCCC(Cc2noc(C3CCNC3)n2)C1. The van der Waals surface area contributed by atoms with Crippen LogP contribution in [0, 0.1) is 5.92 Å². The topological polar surface area (TPSA) is 54.2 Å². The molecule has 0 spiro atoms. The van der Waals surface area contributed by atoms with Crippen molar-refractivity contribution in [2.45, 2.75) is 31.6 Å². The van der Waals surface area contributed by atoms with Crippen molar-refractivity contribution in [2.75, 3.05) is 33.2 Å². The molecule has 0 amide bonds. The van der Waals surface area contributed by atoms with Crippen LogP contribution < -0.4 is 5.32 Å². The van der Waals surface area contributed by atoms with Gasteiger partial charge in [-0.1, -0.05) is 5.16 Å². The van der Waals surface area contributed by atoms with Crippen molar-refractivity contribution in [3.63, 3.8) is 0 Å². The van der Waals surface area contributed by atoms with Gasteiger partial charge in [0.1, 0.15) is 0 Å². The molecule has 0 aromatic carbocycles. The van der Waals surface area contributed by atoms with Crippen LogP contribution in [-0.2, 0) is 6.42 Å². The fraction of sp³-hybridized carbons (Fsp3) is 0.846. The molecule has 3 heterocycles. The molecule has 2 saturated heterocycles. The van der Waals surface area contributed by atoms with Gasteiger partial charge in [-0.2, -0.15) is 4.98 Å². The maximum absolute atomic E-state index is 5.40. The van der Waals surface area contributed by atoms with E-state index >= 15 is 0 Å². The van der Waals surface area contributed by atoms with E-state index in [0.717, 1.165) is 44.2 Å². The number of nitrogens with one attached hydrogen (secondary N) is 1. The van der Waals surface area contributed by atoms with Gasteiger partial charge < -0.3 is 14.7 Å². The highest BCUT2D eigenvalue weighted by atomic mass is 16.5. The lowest BCUT2D eigenvalue weighted by molar-refractivity contribution is 0.206. The smallest absolute Gasteiger partial charge is 0.231 e. The second-order valence-electron chi connectivity index (χ2n) is 5.71. The van der Waals surface area contributed by atoms with Crippen LogP contribution in [0.15, 0.2) is 4.52 Å². The summed E-state index contributed by atoms with van der Waals surface area (Å²) in [5.74, 6) is 2.85. The molecule has 0 saturated carbocycles. The van der Waals surface area contributed by atoms with E-state index in [1.165, 1.54) is 19.4 Å². The normalized spacial score (nSPS) is 29.8. The molecule has 2 aliphatic rings. The zero-order chi connectivity index (χ0) is 12.4. The highest BCUT2D eigenvalue weighted by Gasteiger charge is 2.24. The van der Waals surface area contributed by atoms with E-state index in [1.807, 2.05) is 0 Å². The molecule has 1 aromatic heterocycles. The Hall–Kier alpha value is -0.940. The molecule has 100 valence electrons. The maximum Gasteiger partial charge on any atom is 0.231 e. The molecule has 3 rings (SSSR count). The van der Waals surface area contributed by atoms with Gasteiger partial charge in [0.15, 0.2) is 5.82 Å². The minimum atomic E-state index is 0.431. The average Bonchev–Trinajstić information content (AvgIpc) is 2.98. The molecule has 2 unspecified atom stereocenters. The summed E-state index contributed by atoms with van der Waals surface area (Å²) < 4.78 is 5.40. The Balaban J connectivity index is 1.59. The first-order chi connectivity index (χ1) is 8.81. The Morgan fingerprint density at radius 3 is 3.17 bits per heavy atom. The van der Waals surface area contributed by atoms with Crippen LogP contribution in [-0.4, -0.2) is 48.3 Å². The highest BCUT2D eigenvalue weighted by Crippen LogP contribution is 2.22. The van der Waals surface area contributed by atoms with Crippen LogP contribution in [0.5, 0.6) is 0 Å². The third kappa shape index (κ3) is 2.72. The zero-order valence-corrected chi connectivity index (χ0v) is 11.1. The van der Waals surface area contributed by atoms with E-state index in [0.29, 0.717) is 11.8 Å². The second-order valence-corrected chi connectivity index (χ2v) is 5.71. The predicted octanol–water partition coefficient (Wildman–Crippen LogP) is 1.03. The fourth-order valence-corrected chi connectivity index (χ4v) is 3.08. The van der Waals surface area contributed by atoms with Crippen molar-refractivity contribution in [1.82, 2.24) is 20.4 Å². The number of hydrogen-bond acceptors (Lipinski definition) is 5. The number of likely N-dealkylation sites (tertiary alicyclic amines) is 1. The monoisotopic (exact) mass is 250 g/mol. The molecule has 2 atom stereocenters. The van der Waals surface area contributed by atoms with Gasteiger partial charge in [0, 0.05) is 19.5 Å². The number of nitrogens with zero attached hydrogens (tertiary/aromatic N) is 3. The zero-order valence-electron chi connectivity index (χ0n) is 11.1. The van der Waals surface area contributed by atoms with Gasteiger partial charge in [0.2, 0.25) is 5.89 Å². The van der Waals surface area contributed by atoms with Gasteiger partial charge >= 0.3 is 0 Å². The summed E-state index contributed by atoms with van der Waals surface area (Å²) in [5, 5.41) is 7.48. The molecule has 5 nitrogen and oxygen atoms in total. The first-order valence-electron chi connectivity index (χ1n) is 7.03. The van der Waals surface area contributed by atoms with Gasteiger partial charge in [0.05, 0.1) is 5.92 Å². The lowest BCUT2D eigenvalue weighted by atomic mass is 9.95. The Labute approximate surface area is 108 Å². The summed E-state index contributed by atoms with van der Waals surface area (Å²) in [5.41, 5.74) is 0. The van der Waals surface area contributed by atoms with Crippen LogP contribution in [0.1, 0.15) is 36.9 Å². The predicted molar refractivity (Wildman–Crippen MR) is 68.5 cm³/mol. The van der Waals surface area contributed by atoms with E-state index in [2.05, 4.69) is 27.4 Å². The molecule has 0 bridgehead atoms. The third-order valence-electron chi connectivity index (χ3n) is 4.09. The van der Waals surface area contributed by atoms with Crippen LogP contribution in [0.2, 0.25) is 0 Å². The average molecular weight is 250 g/mol. The van der Waals surface area contributed by atoms with Crippen LogP contribution in [0.3, 0.4) is 0 Å². The molecule has 2 aliphatic heterocycles. The summed E-state index contributed by atoms with van der Waals surface area (Å²) in [6, 6.07) is 0. The number of piperidine rings is 1. The molecular formula is C13H22N4O. The van der Waals surface area contributed by atoms with Gasteiger partial charge in [-0.25, -0.2) is 0 Å². The first kappa shape index (κ1) is 12.1. The summed E-state index contributed by atoms with van der Waals surface area (Å²) >= 11 is 0. The summed E-state index contributed by atoms with van der Waals surface area (Å²) in [6.45, 7) is 4.43. The summed E-state index contributed by atoms with van der Waals surface area (Å²) in [7, 11) is 2.19. The number of aromatic nitrogens is 2. The van der Waals surface area contributed by atoms with Gasteiger partial charge in [0.25, 0.3) is 0 Å². The molecule has 2 fully saturated rings. The molecule has 5 heteroatoms. The minimum Gasteiger partial charge on any atom is -0.339 e. The van der Waals surface area contributed by atoms with Crippen molar-refractivity contribution >= 4 is 0 Å². The van der Waals surface area contributed by atoms with E-state index in [4.69, 9.17) is 4.52 Å². The Kier molecular flexibility index (Phi) is 3.61. The highest BCUT2D eigenvalue weighted by molar-refractivity contribution is 4.99. The largest absolute Gasteiger partial charge is 0.339 e. The summed E-state index contributed by atoms with van der Waals surface area (Å²) in [6.07, 6.45) is 4.67. The van der Waals surface area contributed by atoms with Crippen LogP contribution >= 0.6 is 0 Å². The minimum absolute atomic E-state index is 0.431. The second kappa shape index (κ2) is 5.36. The van der Waals surface area contributed by atoms with Crippen molar-refractivity contribution in [3.05, 3.63) is 11.7 Å². The molecule has 0 aliphatic carbocycles. The van der Waals surface area contributed by atoms with E-state index in [9.17, 15) is 0 Å². The summed E-state index contributed by atoms with van der Waals surface area (Å²) in [4.78, 5) is 6.97. The van der Waals surface area contributed by atoms with Crippen molar-refractivity contribution in [1.29, 1.82) is 0 Å². The van der Waals surface area contributed by atoms with Crippen LogP contribution in [0.4, 0.5) is 0 Å². The Bertz CT molecular complexity index is 386. The molecule has 18 heavy (non-hydrogen) atoms. The standard InChI is InChI=1S/C13H22N4O/c1-17-6-2-3-10(9-17)7-12-15-13(18-16-12)11-4-5-14-8-11/h10-11,14H,2-9H2,1H3. The fourth-order valence-electron chi connectivity index (χ4n) is 3.08. The van der Waals surface area contributed by atoms with Crippen LogP contribution in [0.25, 0.3) is 0 Å². The molecule has 0 radical (unpaired) electrons. The van der Waals surface area contributed by atoms with Crippen molar-refractivity contribution in [2.24, 2.45) is 5.92 Å². The number of rotatable bonds is 3. The Morgan fingerprint density at radius 2 is 2.39 bits per heavy atom. The Morgan fingerprint density at radius 1 is 1.44 bits per heavy atom.